The Morgan fingerprint density at radius 1 is 1.28 bits per heavy atom. The maximum Gasteiger partial charge on any atom is 0.118 e. The molecule has 2 aromatic rings. The quantitative estimate of drug-likeness (QED) is 0.823. The highest BCUT2D eigenvalue weighted by atomic mass is 32.1. The Balaban J connectivity index is 2.18. The second-order valence-electron chi connectivity index (χ2n) is 4.54. The smallest absolute Gasteiger partial charge is 0.118 e. The third kappa shape index (κ3) is 2.64. The van der Waals surface area contributed by atoms with Crippen molar-refractivity contribution in [2.75, 3.05) is 5.32 Å². The number of aryl methyl sites for hydroxylation is 3. The van der Waals surface area contributed by atoms with E-state index in [0.29, 0.717) is 5.75 Å². The normalized spacial score (nSPS) is 12.4. The van der Waals surface area contributed by atoms with E-state index in [0.717, 1.165) is 22.0 Å². The van der Waals surface area contributed by atoms with Crippen LogP contribution >= 0.6 is 11.3 Å². The molecule has 3 nitrogen and oxygen atoms in total. The van der Waals surface area contributed by atoms with Crippen molar-refractivity contribution in [2.45, 2.75) is 33.7 Å². The second kappa shape index (κ2) is 4.98. The number of aromatic hydroxyl groups is 1. The van der Waals surface area contributed by atoms with Gasteiger partial charge in [-0.05, 0) is 51.5 Å². The summed E-state index contributed by atoms with van der Waals surface area (Å²) >= 11 is 1.72. The minimum atomic E-state index is 0.166. The van der Waals surface area contributed by atoms with Crippen LogP contribution in [0.3, 0.4) is 0 Å². The zero-order chi connectivity index (χ0) is 13.3. The van der Waals surface area contributed by atoms with Crippen LogP contribution < -0.4 is 5.32 Å². The number of hydrogen-bond acceptors (Lipinski definition) is 4. The average molecular weight is 262 g/mol. The molecule has 0 aliphatic heterocycles. The number of nitrogens with one attached hydrogen (secondary N) is 1. The van der Waals surface area contributed by atoms with Gasteiger partial charge in [-0.1, -0.05) is 0 Å². The van der Waals surface area contributed by atoms with Crippen LogP contribution in [0, 0.1) is 20.8 Å². The summed E-state index contributed by atoms with van der Waals surface area (Å²) in [5.74, 6) is 0.328. The summed E-state index contributed by atoms with van der Waals surface area (Å²) in [6, 6.07) is 5.70. The molecular formula is C14H18N2OS. The number of nitrogens with zero attached hydrogens (tertiary/aromatic N) is 1. The molecule has 96 valence electrons. The van der Waals surface area contributed by atoms with Gasteiger partial charge in [0.2, 0.25) is 0 Å². The SMILES string of the molecule is Cc1nc(C(C)Nc2ccc(O)c(C)c2)c(C)s1. The molecule has 0 bridgehead atoms. The van der Waals surface area contributed by atoms with Crippen LogP contribution in [0.1, 0.15) is 34.1 Å². The third-order valence-electron chi connectivity index (χ3n) is 2.93. The molecule has 4 heteroatoms. The van der Waals surface area contributed by atoms with Gasteiger partial charge in [0.1, 0.15) is 5.75 Å². The summed E-state index contributed by atoms with van der Waals surface area (Å²) in [6.45, 7) is 8.12. The molecule has 2 N–H and O–H groups in total. The fraction of sp³-hybridized carbons (Fsp3) is 0.357. The van der Waals surface area contributed by atoms with Gasteiger partial charge >= 0.3 is 0 Å². The van der Waals surface area contributed by atoms with Crippen LogP contribution in [0.5, 0.6) is 5.75 Å². The number of anilines is 1. The Morgan fingerprint density at radius 2 is 2.00 bits per heavy atom. The molecule has 0 aliphatic carbocycles. The van der Waals surface area contributed by atoms with Crippen molar-refractivity contribution in [3.63, 3.8) is 0 Å². The van der Waals surface area contributed by atoms with Crippen molar-refractivity contribution in [1.29, 1.82) is 0 Å². The lowest BCUT2D eigenvalue weighted by atomic mass is 10.1. The maximum atomic E-state index is 9.50. The molecule has 2 rings (SSSR count). The molecule has 0 saturated carbocycles. The highest BCUT2D eigenvalue weighted by molar-refractivity contribution is 7.11. The van der Waals surface area contributed by atoms with E-state index in [2.05, 4.69) is 24.1 Å². The topological polar surface area (TPSA) is 45.2 Å². The molecule has 18 heavy (non-hydrogen) atoms. The van der Waals surface area contributed by atoms with E-state index < -0.39 is 0 Å². The molecule has 0 aliphatic rings. The molecule has 1 atom stereocenters. The molecule has 0 fully saturated rings. The van der Waals surface area contributed by atoms with E-state index in [1.165, 1.54) is 4.88 Å². The van der Waals surface area contributed by atoms with Crippen LogP contribution in [-0.2, 0) is 0 Å². The van der Waals surface area contributed by atoms with Crippen LogP contribution in [0.4, 0.5) is 5.69 Å². The van der Waals surface area contributed by atoms with E-state index in [4.69, 9.17) is 0 Å². The molecular weight excluding hydrogens is 244 g/mol. The minimum Gasteiger partial charge on any atom is -0.508 e. The van der Waals surface area contributed by atoms with E-state index in [1.54, 1.807) is 17.4 Å². The summed E-state index contributed by atoms with van der Waals surface area (Å²) in [4.78, 5) is 5.81. The van der Waals surface area contributed by atoms with Crippen molar-refractivity contribution < 1.29 is 5.11 Å². The first-order valence-electron chi connectivity index (χ1n) is 5.97. The van der Waals surface area contributed by atoms with Crippen molar-refractivity contribution >= 4 is 17.0 Å². The van der Waals surface area contributed by atoms with Gasteiger partial charge in [0.15, 0.2) is 0 Å². The molecule has 0 saturated heterocycles. The molecule has 0 amide bonds. The van der Waals surface area contributed by atoms with Gasteiger partial charge in [-0.3, -0.25) is 0 Å². The standard InChI is InChI=1S/C14H18N2OS/c1-8-7-12(5-6-13(8)17)15-9(2)14-10(3)18-11(4)16-14/h5-7,9,15,17H,1-4H3. The highest BCUT2D eigenvalue weighted by Crippen LogP contribution is 2.27. The largest absolute Gasteiger partial charge is 0.508 e. The van der Waals surface area contributed by atoms with E-state index >= 15 is 0 Å². The molecule has 1 unspecified atom stereocenters. The number of hydrogen-bond donors (Lipinski definition) is 2. The number of benzene rings is 1. The summed E-state index contributed by atoms with van der Waals surface area (Å²) in [5, 5.41) is 14.0. The van der Waals surface area contributed by atoms with Crippen LogP contribution in [0.15, 0.2) is 18.2 Å². The van der Waals surface area contributed by atoms with Gasteiger partial charge in [0.25, 0.3) is 0 Å². The molecule has 0 radical (unpaired) electrons. The van der Waals surface area contributed by atoms with Crippen LogP contribution in [-0.4, -0.2) is 10.1 Å². The summed E-state index contributed by atoms with van der Waals surface area (Å²) in [5.41, 5.74) is 2.98. The van der Waals surface area contributed by atoms with E-state index in [1.807, 2.05) is 26.0 Å². The first-order valence-corrected chi connectivity index (χ1v) is 6.79. The summed E-state index contributed by atoms with van der Waals surface area (Å²) < 4.78 is 0. The van der Waals surface area contributed by atoms with E-state index in [9.17, 15) is 5.11 Å². The molecule has 0 spiro atoms. The predicted molar refractivity (Wildman–Crippen MR) is 76.5 cm³/mol. The van der Waals surface area contributed by atoms with Gasteiger partial charge in [-0.2, -0.15) is 0 Å². The lowest BCUT2D eigenvalue weighted by Gasteiger charge is -2.15. The third-order valence-corrected chi connectivity index (χ3v) is 3.83. The fourth-order valence-electron chi connectivity index (χ4n) is 2.01. The van der Waals surface area contributed by atoms with Crippen molar-refractivity contribution in [3.05, 3.63) is 39.3 Å². The van der Waals surface area contributed by atoms with Gasteiger partial charge in [-0.25, -0.2) is 4.98 Å². The molecule has 1 heterocycles. The predicted octanol–water partition coefficient (Wildman–Crippen LogP) is 3.95. The summed E-state index contributed by atoms with van der Waals surface area (Å²) in [7, 11) is 0. The Kier molecular flexibility index (Phi) is 3.57. The van der Waals surface area contributed by atoms with Crippen molar-refractivity contribution in [2.24, 2.45) is 0 Å². The number of thiazole rings is 1. The number of phenols is 1. The van der Waals surface area contributed by atoms with Crippen molar-refractivity contribution in [3.8, 4) is 5.75 Å². The first-order chi connectivity index (χ1) is 8.47. The molecule has 1 aromatic carbocycles. The van der Waals surface area contributed by atoms with E-state index in [-0.39, 0.29) is 6.04 Å². The summed E-state index contributed by atoms with van der Waals surface area (Å²) in [6.07, 6.45) is 0. The Hall–Kier alpha value is -1.55. The van der Waals surface area contributed by atoms with Crippen molar-refractivity contribution in [1.82, 2.24) is 4.98 Å². The second-order valence-corrected chi connectivity index (χ2v) is 5.95. The minimum absolute atomic E-state index is 0.166. The number of rotatable bonds is 3. The monoisotopic (exact) mass is 262 g/mol. The highest BCUT2D eigenvalue weighted by Gasteiger charge is 2.13. The van der Waals surface area contributed by atoms with Gasteiger partial charge < -0.3 is 10.4 Å². The van der Waals surface area contributed by atoms with Gasteiger partial charge in [0.05, 0.1) is 16.7 Å². The Morgan fingerprint density at radius 3 is 2.56 bits per heavy atom. The first kappa shape index (κ1) is 12.9. The van der Waals surface area contributed by atoms with Crippen LogP contribution in [0.25, 0.3) is 0 Å². The molecule has 1 aromatic heterocycles. The Bertz CT molecular complexity index is 563. The average Bonchev–Trinajstić information content (AvgIpc) is 2.63. The lowest BCUT2D eigenvalue weighted by Crippen LogP contribution is -2.08. The fourth-order valence-corrected chi connectivity index (χ4v) is 2.92. The van der Waals surface area contributed by atoms with Crippen LogP contribution in [0.2, 0.25) is 0 Å². The van der Waals surface area contributed by atoms with Gasteiger partial charge in [0, 0.05) is 10.6 Å². The Labute approximate surface area is 112 Å². The zero-order valence-corrected chi connectivity index (χ0v) is 11.9. The van der Waals surface area contributed by atoms with Gasteiger partial charge in [-0.15, -0.1) is 11.3 Å². The lowest BCUT2D eigenvalue weighted by molar-refractivity contribution is 0.471. The maximum absolute atomic E-state index is 9.50. The number of aromatic nitrogens is 1. The number of phenolic OH excluding ortho intramolecular Hbond substituents is 1. The zero-order valence-electron chi connectivity index (χ0n) is 11.1.